The molecule has 1 saturated heterocycles. The zero-order chi connectivity index (χ0) is 24.6. The summed E-state index contributed by atoms with van der Waals surface area (Å²) in [5, 5.41) is 0. The number of benzene rings is 3. The van der Waals surface area contributed by atoms with E-state index in [1.807, 2.05) is 65.6 Å². The average Bonchev–Trinajstić information content (AvgIpc) is 3.41. The van der Waals surface area contributed by atoms with E-state index in [0.29, 0.717) is 36.8 Å². The van der Waals surface area contributed by atoms with Crippen LogP contribution < -0.4 is 14.2 Å². The second kappa shape index (κ2) is 11.9. The maximum Gasteiger partial charge on any atom is 0.254 e. The maximum absolute atomic E-state index is 13.5. The van der Waals surface area contributed by atoms with Crippen LogP contribution in [0.1, 0.15) is 27.9 Å². The van der Waals surface area contributed by atoms with Crippen molar-refractivity contribution in [2.24, 2.45) is 0 Å². The molecule has 1 amide bonds. The van der Waals surface area contributed by atoms with Crippen LogP contribution >= 0.6 is 0 Å². The summed E-state index contributed by atoms with van der Waals surface area (Å²) in [5.41, 5.74) is 2.79. The van der Waals surface area contributed by atoms with E-state index in [4.69, 9.17) is 18.9 Å². The Morgan fingerprint density at radius 2 is 1.67 bits per heavy atom. The molecule has 0 radical (unpaired) electrons. The number of nitrogens with zero attached hydrogens (tertiary/aromatic N) is 2. The second-order valence-corrected chi connectivity index (χ2v) is 9.02. The van der Waals surface area contributed by atoms with Crippen molar-refractivity contribution in [2.75, 3.05) is 46.2 Å². The Morgan fingerprint density at radius 3 is 2.47 bits per heavy atom. The lowest BCUT2D eigenvalue weighted by Gasteiger charge is -2.28. The molecule has 0 N–H and O–H groups in total. The molecule has 1 fully saturated rings. The summed E-state index contributed by atoms with van der Waals surface area (Å²) < 4.78 is 22.3. The normalized spacial score (nSPS) is 15.0. The highest BCUT2D eigenvalue weighted by molar-refractivity contribution is 5.95. The molecule has 36 heavy (non-hydrogen) atoms. The average molecular weight is 489 g/mol. The topological polar surface area (TPSA) is 60.5 Å². The van der Waals surface area contributed by atoms with Gasteiger partial charge >= 0.3 is 0 Å². The Kier molecular flexibility index (Phi) is 8.00. The fourth-order valence-corrected chi connectivity index (χ4v) is 4.43. The number of carbonyl (C=O) groups is 1. The number of morpholine rings is 1. The van der Waals surface area contributed by atoms with Gasteiger partial charge in [0.15, 0.2) is 11.5 Å². The summed E-state index contributed by atoms with van der Waals surface area (Å²) in [6.07, 6.45) is 0.897. The van der Waals surface area contributed by atoms with Gasteiger partial charge in [-0.05, 0) is 47.9 Å². The number of fused-ring (bicyclic) bond motifs is 1. The van der Waals surface area contributed by atoms with Crippen LogP contribution in [-0.4, -0.2) is 61.9 Å². The van der Waals surface area contributed by atoms with Crippen molar-refractivity contribution in [3.05, 3.63) is 89.5 Å². The first kappa shape index (κ1) is 24.2. The third kappa shape index (κ3) is 6.36. The van der Waals surface area contributed by atoms with Gasteiger partial charge in [0.05, 0.1) is 13.2 Å². The van der Waals surface area contributed by atoms with Crippen LogP contribution in [0.4, 0.5) is 0 Å². The fourth-order valence-electron chi connectivity index (χ4n) is 4.43. The van der Waals surface area contributed by atoms with Crippen LogP contribution in [-0.2, 0) is 17.9 Å². The number of ether oxygens (including phenoxy) is 4. The van der Waals surface area contributed by atoms with Gasteiger partial charge in [0, 0.05) is 38.3 Å². The minimum Gasteiger partial charge on any atom is -0.489 e. The number of amides is 1. The van der Waals surface area contributed by atoms with Gasteiger partial charge in [-0.1, -0.05) is 42.5 Å². The molecule has 7 heteroatoms. The van der Waals surface area contributed by atoms with E-state index in [-0.39, 0.29) is 12.7 Å². The molecule has 2 heterocycles. The third-order valence-electron chi connectivity index (χ3n) is 6.46. The summed E-state index contributed by atoms with van der Waals surface area (Å²) >= 11 is 0. The Bertz CT molecular complexity index is 1130. The van der Waals surface area contributed by atoms with Crippen molar-refractivity contribution >= 4 is 5.91 Å². The quantitative estimate of drug-likeness (QED) is 0.423. The molecule has 0 bridgehead atoms. The van der Waals surface area contributed by atoms with Gasteiger partial charge in [-0.25, -0.2) is 0 Å². The minimum atomic E-state index is -0.0142. The van der Waals surface area contributed by atoms with E-state index in [1.54, 1.807) is 12.1 Å². The molecular formula is C29H32N2O5. The zero-order valence-electron chi connectivity index (χ0n) is 20.4. The first-order valence-electron chi connectivity index (χ1n) is 12.5. The molecule has 2 aliphatic heterocycles. The Labute approximate surface area is 212 Å². The number of hydrogen-bond acceptors (Lipinski definition) is 6. The van der Waals surface area contributed by atoms with Gasteiger partial charge < -0.3 is 23.8 Å². The largest absolute Gasteiger partial charge is 0.489 e. The van der Waals surface area contributed by atoms with Crippen LogP contribution in [0, 0.1) is 0 Å². The van der Waals surface area contributed by atoms with E-state index in [9.17, 15) is 4.79 Å². The highest BCUT2D eigenvalue weighted by atomic mass is 16.7. The molecule has 188 valence electrons. The molecule has 0 aliphatic carbocycles. The summed E-state index contributed by atoms with van der Waals surface area (Å²) in [5.74, 6) is 2.09. The van der Waals surface area contributed by atoms with Crippen molar-refractivity contribution in [2.45, 2.75) is 19.6 Å². The van der Waals surface area contributed by atoms with Crippen molar-refractivity contribution in [3.8, 4) is 17.2 Å². The monoisotopic (exact) mass is 488 g/mol. The van der Waals surface area contributed by atoms with Crippen LogP contribution in [0.5, 0.6) is 17.2 Å². The molecular weight excluding hydrogens is 456 g/mol. The highest BCUT2D eigenvalue weighted by Crippen LogP contribution is 2.33. The lowest BCUT2D eigenvalue weighted by Crippen LogP contribution is -2.39. The van der Waals surface area contributed by atoms with Crippen LogP contribution in [0.25, 0.3) is 0 Å². The molecule has 2 aliphatic rings. The predicted molar refractivity (Wildman–Crippen MR) is 136 cm³/mol. The van der Waals surface area contributed by atoms with Crippen LogP contribution in [0.3, 0.4) is 0 Å². The fraction of sp³-hybridized carbons (Fsp3) is 0.345. The SMILES string of the molecule is O=C(c1ccc2c(c1)OCO2)N(CCCN1CCOCC1)Cc1ccc(OCc2ccccc2)cc1. The molecule has 5 rings (SSSR count). The molecule has 7 nitrogen and oxygen atoms in total. The van der Waals surface area contributed by atoms with E-state index in [2.05, 4.69) is 4.90 Å². The Morgan fingerprint density at radius 1 is 0.889 bits per heavy atom. The lowest BCUT2D eigenvalue weighted by atomic mass is 10.1. The standard InChI is InChI=1S/C29H32N2O5/c32-29(25-9-12-27-28(19-25)36-22-35-27)31(14-4-13-30-15-17-33-18-16-30)20-23-7-10-26(11-8-23)34-21-24-5-2-1-3-6-24/h1-3,5-12,19H,4,13-18,20-22H2. The molecule has 0 spiro atoms. The Hall–Kier alpha value is -3.55. The van der Waals surface area contributed by atoms with Gasteiger partial charge in [-0.15, -0.1) is 0 Å². The first-order chi connectivity index (χ1) is 17.7. The second-order valence-electron chi connectivity index (χ2n) is 9.02. The Balaban J connectivity index is 1.24. The molecule has 0 unspecified atom stereocenters. The van der Waals surface area contributed by atoms with E-state index >= 15 is 0 Å². The molecule has 0 saturated carbocycles. The van der Waals surface area contributed by atoms with Crippen molar-refractivity contribution in [3.63, 3.8) is 0 Å². The number of rotatable bonds is 10. The summed E-state index contributed by atoms with van der Waals surface area (Å²) in [4.78, 5) is 17.8. The molecule has 3 aromatic rings. The van der Waals surface area contributed by atoms with E-state index < -0.39 is 0 Å². The zero-order valence-corrected chi connectivity index (χ0v) is 20.4. The van der Waals surface area contributed by atoms with Gasteiger partial charge in [-0.2, -0.15) is 0 Å². The molecule has 3 aromatic carbocycles. The van der Waals surface area contributed by atoms with Crippen molar-refractivity contribution in [1.29, 1.82) is 0 Å². The highest BCUT2D eigenvalue weighted by Gasteiger charge is 2.21. The number of carbonyl (C=O) groups excluding carboxylic acids is 1. The lowest BCUT2D eigenvalue weighted by molar-refractivity contribution is 0.0355. The summed E-state index contributed by atoms with van der Waals surface area (Å²) in [6.45, 7) is 6.29. The van der Waals surface area contributed by atoms with E-state index in [1.165, 1.54) is 0 Å². The summed E-state index contributed by atoms with van der Waals surface area (Å²) in [6, 6.07) is 23.5. The van der Waals surface area contributed by atoms with Gasteiger partial charge in [0.2, 0.25) is 6.79 Å². The predicted octanol–water partition coefficient (Wildman–Crippen LogP) is 4.36. The van der Waals surface area contributed by atoms with Gasteiger partial charge in [-0.3, -0.25) is 9.69 Å². The van der Waals surface area contributed by atoms with Gasteiger partial charge in [0.25, 0.3) is 5.91 Å². The summed E-state index contributed by atoms with van der Waals surface area (Å²) in [7, 11) is 0. The molecule has 0 aromatic heterocycles. The van der Waals surface area contributed by atoms with E-state index in [0.717, 1.165) is 56.1 Å². The van der Waals surface area contributed by atoms with Crippen molar-refractivity contribution < 1.29 is 23.7 Å². The van der Waals surface area contributed by atoms with Crippen LogP contribution in [0.15, 0.2) is 72.8 Å². The first-order valence-corrected chi connectivity index (χ1v) is 12.5. The maximum atomic E-state index is 13.5. The minimum absolute atomic E-state index is 0.0142. The smallest absolute Gasteiger partial charge is 0.254 e. The molecule has 0 atom stereocenters. The van der Waals surface area contributed by atoms with Gasteiger partial charge in [0.1, 0.15) is 12.4 Å². The third-order valence-corrected chi connectivity index (χ3v) is 6.46. The van der Waals surface area contributed by atoms with Crippen LogP contribution in [0.2, 0.25) is 0 Å². The van der Waals surface area contributed by atoms with Crippen molar-refractivity contribution in [1.82, 2.24) is 9.80 Å². The number of hydrogen-bond donors (Lipinski definition) is 0.